The molecule has 0 spiro atoms. The molecule has 0 aromatic rings. The Balaban J connectivity index is 2.20. The summed E-state index contributed by atoms with van der Waals surface area (Å²) >= 11 is 0. The Labute approximate surface area is 163 Å². The van der Waals surface area contributed by atoms with Crippen molar-refractivity contribution in [3.63, 3.8) is 0 Å². The first-order chi connectivity index (χ1) is 11.6. The lowest BCUT2D eigenvalue weighted by atomic mass is 9.89. The summed E-state index contributed by atoms with van der Waals surface area (Å²) in [5.74, 6) is 0.671. The zero-order valence-electron chi connectivity index (χ0n) is 18.7. The summed E-state index contributed by atoms with van der Waals surface area (Å²) in [4.78, 5) is 0. The minimum Gasteiger partial charge on any atom is -0.414 e. The maximum absolute atomic E-state index is 10.1. The van der Waals surface area contributed by atoms with E-state index in [-0.39, 0.29) is 22.3 Å². The Kier molecular flexibility index (Phi) is 6.30. The van der Waals surface area contributed by atoms with Crippen LogP contribution in [0.5, 0.6) is 0 Å². The number of rotatable bonds is 4. The number of aliphatic hydroxyl groups is 1. The predicted octanol–water partition coefficient (Wildman–Crippen LogP) is 5.14. The van der Waals surface area contributed by atoms with Gasteiger partial charge in [-0.2, -0.15) is 0 Å². The van der Waals surface area contributed by atoms with Crippen molar-refractivity contribution >= 4 is 16.6 Å². The molecular weight excluding hydrogens is 360 g/mol. The molecule has 1 saturated heterocycles. The highest BCUT2D eigenvalue weighted by atomic mass is 28.4. The van der Waals surface area contributed by atoms with Crippen LogP contribution in [-0.4, -0.2) is 46.8 Å². The van der Waals surface area contributed by atoms with E-state index in [4.69, 9.17) is 13.6 Å². The largest absolute Gasteiger partial charge is 0.414 e. The topological polar surface area (TPSA) is 47.9 Å². The molecule has 5 atom stereocenters. The van der Waals surface area contributed by atoms with Gasteiger partial charge in [0.1, 0.15) is 0 Å². The van der Waals surface area contributed by atoms with Gasteiger partial charge in [0.25, 0.3) is 0 Å². The van der Waals surface area contributed by atoms with E-state index in [0.717, 1.165) is 6.42 Å². The standard InChI is InChI=1S/C20H42O4Si2/c1-19(2,3)25(7,8)23-16-12-17(24-26(9,10)20(4,5)6)15-13-22-18(21)11-14(15)16/h14-18,21H,11-13H2,1-10H3/t14-,15+,16-,17+,18?/m0/s1. The highest BCUT2D eigenvalue weighted by molar-refractivity contribution is 6.74. The lowest BCUT2D eigenvalue weighted by Gasteiger charge is -2.42. The molecule has 26 heavy (non-hydrogen) atoms. The molecule has 1 saturated carbocycles. The van der Waals surface area contributed by atoms with Crippen LogP contribution < -0.4 is 0 Å². The lowest BCUT2D eigenvalue weighted by Crippen LogP contribution is -2.47. The first-order valence-electron chi connectivity index (χ1n) is 10.2. The second kappa shape index (κ2) is 7.27. The van der Waals surface area contributed by atoms with E-state index >= 15 is 0 Å². The fraction of sp³-hybridized carbons (Fsp3) is 1.00. The van der Waals surface area contributed by atoms with Crippen molar-refractivity contribution in [1.29, 1.82) is 0 Å². The molecule has 2 aliphatic rings. The first-order valence-corrected chi connectivity index (χ1v) is 16.0. The van der Waals surface area contributed by atoms with Gasteiger partial charge in [0.15, 0.2) is 22.9 Å². The number of aliphatic hydroxyl groups excluding tert-OH is 1. The normalized spacial score (nSPS) is 34.0. The molecule has 1 aliphatic carbocycles. The van der Waals surface area contributed by atoms with Crippen LogP contribution in [0.2, 0.25) is 36.3 Å². The zero-order chi connectivity index (χ0) is 20.1. The van der Waals surface area contributed by atoms with Gasteiger partial charge < -0.3 is 18.7 Å². The van der Waals surface area contributed by atoms with E-state index in [1.807, 2.05) is 0 Å². The predicted molar refractivity (Wildman–Crippen MR) is 112 cm³/mol. The van der Waals surface area contributed by atoms with E-state index in [2.05, 4.69) is 67.7 Å². The highest BCUT2D eigenvalue weighted by Gasteiger charge is 2.53. The van der Waals surface area contributed by atoms with Gasteiger partial charge in [-0.25, -0.2) is 0 Å². The fourth-order valence-corrected chi connectivity index (χ4v) is 6.35. The van der Waals surface area contributed by atoms with Gasteiger partial charge in [0.2, 0.25) is 0 Å². The molecule has 0 aromatic heterocycles. The molecule has 1 heterocycles. The number of ether oxygens (including phenoxy) is 1. The smallest absolute Gasteiger partial charge is 0.192 e. The van der Waals surface area contributed by atoms with Crippen LogP contribution in [-0.2, 0) is 13.6 Å². The van der Waals surface area contributed by atoms with Crippen LogP contribution in [0.3, 0.4) is 0 Å². The van der Waals surface area contributed by atoms with Gasteiger partial charge in [-0.3, -0.25) is 0 Å². The van der Waals surface area contributed by atoms with Crippen LogP contribution in [0.4, 0.5) is 0 Å². The van der Waals surface area contributed by atoms with E-state index in [1.54, 1.807) is 0 Å². The molecule has 1 N–H and O–H groups in total. The average Bonchev–Trinajstić information content (AvgIpc) is 2.72. The van der Waals surface area contributed by atoms with Crippen LogP contribution >= 0.6 is 0 Å². The van der Waals surface area contributed by atoms with Crippen molar-refractivity contribution in [2.24, 2.45) is 11.8 Å². The molecule has 0 amide bonds. The molecule has 0 radical (unpaired) electrons. The third-order valence-electron chi connectivity index (χ3n) is 7.43. The summed E-state index contributed by atoms with van der Waals surface area (Å²) in [5, 5.41) is 10.5. The second-order valence-corrected chi connectivity index (χ2v) is 20.9. The van der Waals surface area contributed by atoms with Crippen molar-refractivity contribution in [3.8, 4) is 0 Å². The molecule has 0 bridgehead atoms. The molecule has 1 aliphatic heterocycles. The van der Waals surface area contributed by atoms with E-state index in [9.17, 15) is 5.11 Å². The molecule has 154 valence electrons. The lowest BCUT2D eigenvalue weighted by molar-refractivity contribution is -0.168. The quantitative estimate of drug-likeness (QED) is 0.661. The van der Waals surface area contributed by atoms with Crippen molar-refractivity contribution < 1.29 is 18.7 Å². The van der Waals surface area contributed by atoms with E-state index < -0.39 is 22.9 Å². The zero-order valence-corrected chi connectivity index (χ0v) is 20.7. The number of hydrogen-bond donors (Lipinski definition) is 1. The monoisotopic (exact) mass is 402 g/mol. The van der Waals surface area contributed by atoms with Crippen LogP contribution in [0.25, 0.3) is 0 Å². The summed E-state index contributed by atoms with van der Waals surface area (Å²) in [6.07, 6.45) is 1.30. The number of fused-ring (bicyclic) bond motifs is 1. The Morgan fingerprint density at radius 3 is 1.62 bits per heavy atom. The third-order valence-corrected chi connectivity index (χ3v) is 16.4. The molecule has 1 unspecified atom stereocenters. The summed E-state index contributed by atoms with van der Waals surface area (Å²) in [6, 6.07) is 0. The molecule has 2 rings (SSSR count). The Hall–Kier alpha value is 0.274. The van der Waals surface area contributed by atoms with Crippen molar-refractivity contribution in [1.82, 2.24) is 0 Å². The van der Waals surface area contributed by atoms with Gasteiger partial charge in [-0.1, -0.05) is 41.5 Å². The fourth-order valence-electron chi connectivity index (χ4n) is 3.59. The Morgan fingerprint density at radius 1 is 0.769 bits per heavy atom. The SMILES string of the molecule is CC(C)(C)[Si](C)(C)O[C@H]1C[C@@H](O[Si](C)(C)C(C)(C)C)[C@@H]2COC(O)C[C@@H]21. The summed E-state index contributed by atoms with van der Waals surface area (Å²) in [7, 11) is -3.71. The number of hydrogen-bond acceptors (Lipinski definition) is 4. The molecule has 2 fully saturated rings. The minimum absolute atomic E-state index is 0.175. The Bertz CT molecular complexity index is 493. The van der Waals surface area contributed by atoms with Crippen molar-refractivity contribution in [3.05, 3.63) is 0 Å². The van der Waals surface area contributed by atoms with E-state index in [0.29, 0.717) is 24.9 Å². The first kappa shape index (κ1) is 22.6. The Morgan fingerprint density at radius 2 is 1.19 bits per heavy atom. The van der Waals surface area contributed by atoms with E-state index in [1.165, 1.54) is 0 Å². The molecule has 6 heteroatoms. The van der Waals surface area contributed by atoms with Crippen LogP contribution in [0.1, 0.15) is 54.4 Å². The molecular formula is C20H42O4Si2. The van der Waals surface area contributed by atoms with Crippen LogP contribution in [0, 0.1) is 11.8 Å². The van der Waals surface area contributed by atoms with Gasteiger partial charge in [0.05, 0.1) is 18.8 Å². The van der Waals surface area contributed by atoms with Crippen molar-refractivity contribution in [2.75, 3.05) is 6.61 Å². The maximum Gasteiger partial charge on any atom is 0.192 e. The minimum atomic E-state index is -1.86. The molecule has 4 nitrogen and oxygen atoms in total. The second-order valence-electron chi connectivity index (χ2n) is 11.4. The maximum atomic E-state index is 10.1. The average molecular weight is 403 g/mol. The summed E-state index contributed by atoms with van der Waals surface area (Å²) in [5.41, 5.74) is 0. The van der Waals surface area contributed by atoms with Crippen LogP contribution in [0.15, 0.2) is 0 Å². The van der Waals surface area contributed by atoms with Crippen molar-refractivity contribution in [2.45, 2.75) is 109 Å². The summed E-state index contributed by atoms with van der Waals surface area (Å²) in [6.45, 7) is 23.6. The highest BCUT2D eigenvalue weighted by Crippen LogP contribution is 2.48. The van der Waals surface area contributed by atoms with Gasteiger partial charge in [-0.15, -0.1) is 0 Å². The van der Waals surface area contributed by atoms with Gasteiger partial charge in [-0.05, 0) is 48.6 Å². The van der Waals surface area contributed by atoms with Gasteiger partial charge in [0, 0.05) is 12.3 Å². The third kappa shape index (κ3) is 4.63. The molecule has 0 aromatic carbocycles. The van der Waals surface area contributed by atoms with Gasteiger partial charge >= 0.3 is 0 Å². The summed E-state index contributed by atoms with van der Waals surface area (Å²) < 4.78 is 19.2.